The highest BCUT2D eigenvalue weighted by atomic mass is 32.1. The summed E-state index contributed by atoms with van der Waals surface area (Å²) >= 11 is 1.60. The predicted molar refractivity (Wildman–Crippen MR) is 38.8 cm³/mol. The van der Waals surface area contributed by atoms with Gasteiger partial charge in [0.15, 0.2) is 5.13 Å². The average Bonchev–Trinajstić information content (AvgIpc) is 2.43. The molecule has 0 aliphatic carbocycles. The van der Waals surface area contributed by atoms with Crippen LogP contribution in [0.3, 0.4) is 0 Å². The molecule has 0 aromatic carbocycles. The molecule has 0 unspecified atom stereocenters. The minimum Gasteiger partial charge on any atom is -0.365 e. The van der Waals surface area contributed by atoms with E-state index in [4.69, 9.17) is 4.79 Å². The summed E-state index contributed by atoms with van der Waals surface area (Å²) in [7, 11) is 1.86. The molecule has 0 atom stereocenters. The van der Waals surface area contributed by atoms with Gasteiger partial charge in [0.1, 0.15) is 6.79 Å². The van der Waals surface area contributed by atoms with Crippen LogP contribution in [0.5, 0.6) is 0 Å². The van der Waals surface area contributed by atoms with Gasteiger partial charge in [-0.15, -0.1) is 11.3 Å². The number of thiazole rings is 1. The lowest BCUT2D eigenvalue weighted by Crippen LogP contribution is -1.83. The van der Waals surface area contributed by atoms with E-state index >= 15 is 0 Å². The third-order valence-electron chi connectivity index (χ3n) is 0.646. The summed E-state index contributed by atoms with van der Waals surface area (Å²) in [6.07, 6.45) is 1.77. The molecule has 4 heteroatoms. The van der Waals surface area contributed by atoms with Crippen molar-refractivity contribution in [3.05, 3.63) is 11.6 Å². The maximum absolute atomic E-state index is 8.00. The van der Waals surface area contributed by atoms with Gasteiger partial charge in [-0.05, 0) is 0 Å². The van der Waals surface area contributed by atoms with Crippen LogP contribution in [-0.2, 0) is 4.79 Å². The van der Waals surface area contributed by atoms with Crippen molar-refractivity contribution in [1.82, 2.24) is 4.98 Å². The summed E-state index contributed by atoms with van der Waals surface area (Å²) in [6.45, 7) is 2.00. The second kappa shape index (κ2) is 5.24. The van der Waals surface area contributed by atoms with Crippen LogP contribution in [0, 0.1) is 0 Å². The topological polar surface area (TPSA) is 42.0 Å². The second-order valence-electron chi connectivity index (χ2n) is 1.09. The molecular formula is C5H8N2OS. The Kier molecular flexibility index (Phi) is 4.72. The van der Waals surface area contributed by atoms with Gasteiger partial charge in [-0.3, -0.25) is 0 Å². The van der Waals surface area contributed by atoms with Crippen molar-refractivity contribution in [2.24, 2.45) is 0 Å². The number of carbonyl (C=O) groups excluding carboxylic acids is 1. The van der Waals surface area contributed by atoms with Crippen molar-refractivity contribution in [1.29, 1.82) is 0 Å². The molecule has 1 rings (SSSR count). The highest BCUT2D eigenvalue weighted by Crippen LogP contribution is 2.07. The molecule has 3 nitrogen and oxygen atoms in total. The molecule has 9 heavy (non-hydrogen) atoms. The summed E-state index contributed by atoms with van der Waals surface area (Å²) in [4.78, 5) is 11.9. The zero-order valence-corrected chi connectivity index (χ0v) is 5.94. The van der Waals surface area contributed by atoms with Gasteiger partial charge >= 0.3 is 0 Å². The smallest absolute Gasteiger partial charge is 0.182 e. The average molecular weight is 144 g/mol. The van der Waals surface area contributed by atoms with Crippen molar-refractivity contribution in [2.45, 2.75) is 0 Å². The highest BCUT2D eigenvalue weighted by molar-refractivity contribution is 7.13. The molecule has 1 aromatic heterocycles. The van der Waals surface area contributed by atoms with Gasteiger partial charge in [0.05, 0.1) is 0 Å². The minimum absolute atomic E-state index is 0.972. The lowest BCUT2D eigenvalue weighted by Gasteiger charge is -1.84. The van der Waals surface area contributed by atoms with Gasteiger partial charge in [-0.25, -0.2) is 4.98 Å². The van der Waals surface area contributed by atoms with Crippen LogP contribution in [0.15, 0.2) is 11.6 Å². The molecule has 1 N–H and O–H groups in total. The van der Waals surface area contributed by atoms with E-state index in [2.05, 4.69) is 10.3 Å². The summed E-state index contributed by atoms with van der Waals surface area (Å²) in [5.74, 6) is 0. The highest BCUT2D eigenvalue weighted by Gasteiger charge is 1.82. The molecule has 0 fully saturated rings. The quantitative estimate of drug-likeness (QED) is 0.639. The van der Waals surface area contributed by atoms with Gasteiger partial charge < -0.3 is 10.1 Å². The van der Waals surface area contributed by atoms with Gasteiger partial charge in [-0.2, -0.15) is 0 Å². The van der Waals surface area contributed by atoms with E-state index in [1.807, 2.05) is 19.2 Å². The second-order valence-corrected chi connectivity index (χ2v) is 1.98. The molecule has 0 amide bonds. The van der Waals surface area contributed by atoms with E-state index < -0.39 is 0 Å². The van der Waals surface area contributed by atoms with E-state index in [-0.39, 0.29) is 0 Å². The predicted octanol–water partition coefficient (Wildman–Crippen LogP) is 1.000. The largest absolute Gasteiger partial charge is 0.365 e. The van der Waals surface area contributed by atoms with Crippen molar-refractivity contribution >= 4 is 23.3 Å². The third kappa shape index (κ3) is 2.81. The van der Waals surface area contributed by atoms with Crippen LogP contribution < -0.4 is 5.32 Å². The number of aromatic nitrogens is 1. The van der Waals surface area contributed by atoms with E-state index in [9.17, 15) is 0 Å². The Labute approximate surface area is 57.7 Å². The van der Waals surface area contributed by atoms with Crippen LogP contribution in [0.1, 0.15) is 0 Å². The fourth-order valence-electron chi connectivity index (χ4n) is 0.347. The fourth-order valence-corrected chi connectivity index (χ4v) is 0.837. The normalized spacial score (nSPS) is 7.22. The van der Waals surface area contributed by atoms with E-state index in [1.165, 1.54) is 0 Å². The summed E-state index contributed by atoms with van der Waals surface area (Å²) in [5, 5.41) is 5.82. The first kappa shape index (κ1) is 8.10. The first-order chi connectivity index (χ1) is 4.43. The number of hydrogen-bond donors (Lipinski definition) is 1. The third-order valence-corrected chi connectivity index (χ3v) is 1.44. The standard InChI is InChI=1S/C4H6N2S.CH2O/c1-5-4-6-2-3-7-4;1-2/h2-3H,1H3,(H,5,6);1H2. The molecule has 0 saturated heterocycles. The molecule has 0 radical (unpaired) electrons. The van der Waals surface area contributed by atoms with Gasteiger partial charge in [0.25, 0.3) is 0 Å². The SMILES string of the molecule is C=O.CNc1nccs1. The molecule has 0 aliphatic rings. The van der Waals surface area contributed by atoms with Crippen LogP contribution >= 0.6 is 11.3 Å². The Bertz CT molecular complexity index is 141. The number of anilines is 1. The number of nitrogens with one attached hydrogen (secondary N) is 1. The number of nitrogens with zero attached hydrogens (tertiary/aromatic N) is 1. The molecule has 0 spiro atoms. The molecule has 0 saturated carbocycles. The summed E-state index contributed by atoms with van der Waals surface area (Å²) in [6, 6.07) is 0. The maximum atomic E-state index is 8.00. The van der Waals surface area contributed by atoms with Crippen molar-refractivity contribution in [3.8, 4) is 0 Å². The Morgan fingerprint density at radius 3 is 2.67 bits per heavy atom. The lowest BCUT2D eigenvalue weighted by molar-refractivity contribution is -0.0979. The first-order valence-corrected chi connectivity index (χ1v) is 3.17. The zero-order chi connectivity index (χ0) is 7.11. The number of rotatable bonds is 1. The number of hydrogen-bond acceptors (Lipinski definition) is 4. The van der Waals surface area contributed by atoms with E-state index in [0.29, 0.717) is 0 Å². The van der Waals surface area contributed by atoms with Crippen molar-refractivity contribution in [3.63, 3.8) is 0 Å². The monoisotopic (exact) mass is 144 g/mol. The molecular weight excluding hydrogens is 136 g/mol. The van der Waals surface area contributed by atoms with E-state index in [1.54, 1.807) is 17.5 Å². The molecule has 1 heterocycles. The van der Waals surface area contributed by atoms with Gasteiger partial charge in [0.2, 0.25) is 0 Å². The summed E-state index contributed by atoms with van der Waals surface area (Å²) in [5.41, 5.74) is 0. The van der Waals surface area contributed by atoms with Crippen LogP contribution in [-0.4, -0.2) is 18.8 Å². The van der Waals surface area contributed by atoms with Crippen LogP contribution in [0.25, 0.3) is 0 Å². The fraction of sp³-hybridized carbons (Fsp3) is 0.200. The maximum Gasteiger partial charge on any atom is 0.182 e. The van der Waals surface area contributed by atoms with Crippen LogP contribution in [0.4, 0.5) is 5.13 Å². The summed E-state index contributed by atoms with van der Waals surface area (Å²) < 4.78 is 0. The Morgan fingerprint density at radius 2 is 2.44 bits per heavy atom. The molecule has 0 aliphatic heterocycles. The minimum atomic E-state index is 0.972. The number of carbonyl (C=O) groups is 1. The molecule has 1 aromatic rings. The van der Waals surface area contributed by atoms with Crippen LogP contribution in [0.2, 0.25) is 0 Å². The Balaban J connectivity index is 0.000000291. The Morgan fingerprint density at radius 1 is 1.78 bits per heavy atom. The van der Waals surface area contributed by atoms with Crippen molar-refractivity contribution < 1.29 is 4.79 Å². The molecule has 50 valence electrons. The van der Waals surface area contributed by atoms with Gasteiger partial charge in [-0.1, -0.05) is 0 Å². The van der Waals surface area contributed by atoms with Crippen molar-refractivity contribution in [2.75, 3.05) is 12.4 Å². The van der Waals surface area contributed by atoms with Gasteiger partial charge in [0, 0.05) is 18.6 Å². The zero-order valence-electron chi connectivity index (χ0n) is 5.13. The first-order valence-electron chi connectivity index (χ1n) is 2.29. The Hall–Kier alpha value is -0.900. The molecule has 0 bridgehead atoms. The van der Waals surface area contributed by atoms with E-state index in [0.717, 1.165) is 5.13 Å². The lowest BCUT2D eigenvalue weighted by atomic mass is 11.0.